The predicted octanol–water partition coefficient (Wildman–Crippen LogP) is 3.54. The lowest BCUT2D eigenvalue weighted by molar-refractivity contribution is 0.232. The van der Waals surface area contributed by atoms with Gasteiger partial charge in [-0.1, -0.05) is 0 Å². The minimum atomic E-state index is 0.0914. The van der Waals surface area contributed by atoms with Gasteiger partial charge in [-0.05, 0) is 65.0 Å². The third-order valence-electron chi connectivity index (χ3n) is 4.67. The molecule has 140 valence electrons. The molecule has 26 heavy (non-hydrogen) atoms. The van der Waals surface area contributed by atoms with Crippen molar-refractivity contribution in [1.82, 2.24) is 14.9 Å². The summed E-state index contributed by atoms with van der Waals surface area (Å²) in [5, 5.41) is 3.24. The van der Waals surface area contributed by atoms with Crippen molar-refractivity contribution in [1.29, 1.82) is 0 Å². The Morgan fingerprint density at radius 3 is 2.42 bits per heavy atom. The monoisotopic (exact) mass is 355 g/mol. The second kappa shape index (κ2) is 8.36. The van der Waals surface area contributed by atoms with Gasteiger partial charge in [0.05, 0.1) is 6.10 Å². The average molecular weight is 355 g/mol. The van der Waals surface area contributed by atoms with E-state index in [2.05, 4.69) is 63.4 Å². The Bertz CT molecular complexity index is 694. The van der Waals surface area contributed by atoms with Gasteiger partial charge in [-0.3, -0.25) is 0 Å². The van der Waals surface area contributed by atoms with Gasteiger partial charge in [0.25, 0.3) is 0 Å². The smallest absolute Gasteiger partial charge is 0.230 e. The molecule has 0 bridgehead atoms. The van der Waals surface area contributed by atoms with Crippen LogP contribution >= 0.6 is 0 Å². The summed E-state index contributed by atoms with van der Waals surface area (Å²) in [6.45, 7) is 6.17. The molecule has 0 unspecified atom stereocenters. The van der Waals surface area contributed by atoms with Gasteiger partial charge >= 0.3 is 0 Å². The van der Waals surface area contributed by atoms with Gasteiger partial charge in [0, 0.05) is 42.8 Å². The molecular formula is C20H29N5O. The number of benzene rings is 1. The molecule has 1 saturated heterocycles. The third kappa shape index (κ3) is 4.85. The first-order chi connectivity index (χ1) is 12.5. The van der Waals surface area contributed by atoms with Gasteiger partial charge in [-0.25, -0.2) is 4.98 Å². The second-order valence-corrected chi connectivity index (χ2v) is 7.24. The number of hydrogen-bond donors (Lipinski definition) is 1. The lowest BCUT2D eigenvalue weighted by atomic mass is 10.0. The van der Waals surface area contributed by atoms with Crippen LogP contribution in [0.3, 0.4) is 0 Å². The number of rotatable bonds is 6. The van der Waals surface area contributed by atoms with Crippen LogP contribution in [0.2, 0.25) is 0 Å². The molecule has 1 aromatic carbocycles. The van der Waals surface area contributed by atoms with E-state index in [1.54, 1.807) is 12.3 Å². The summed E-state index contributed by atoms with van der Waals surface area (Å²) in [6, 6.07) is 10.9. The van der Waals surface area contributed by atoms with Gasteiger partial charge in [0.1, 0.15) is 0 Å². The summed E-state index contributed by atoms with van der Waals surface area (Å²) < 4.78 is 5.62. The molecule has 0 saturated carbocycles. The van der Waals surface area contributed by atoms with E-state index >= 15 is 0 Å². The Balaban J connectivity index is 1.60. The predicted molar refractivity (Wildman–Crippen MR) is 106 cm³/mol. The molecule has 0 spiro atoms. The summed E-state index contributed by atoms with van der Waals surface area (Å²) in [4.78, 5) is 13.4. The highest BCUT2D eigenvalue weighted by Gasteiger charge is 2.20. The van der Waals surface area contributed by atoms with Crippen molar-refractivity contribution >= 4 is 17.3 Å². The van der Waals surface area contributed by atoms with Crippen LogP contribution in [0.4, 0.5) is 17.3 Å². The molecule has 0 amide bonds. The molecule has 1 N–H and O–H groups in total. The number of piperidine rings is 1. The standard InChI is InChI=1S/C20H29N5O/c1-15(2)26-19-9-12-21-20(23-19)22-16-5-7-18(8-6-16)25-13-10-17(11-14-25)24(3)4/h5-9,12,15,17H,10-11,13-14H2,1-4H3,(H,21,22,23). The van der Waals surface area contributed by atoms with Crippen LogP contribution < -0.4 is 15.0 Å². The molecule has 1 aromatic heterocycles. The number of ether oxygens (including phenoxy) is 1. The number of nitrogens with zero attached hydrogens (tertiary/aromatic N) is 4. The fraction of sp³-hybridized carbons (Fsp3) is 0.500. The highest BCUT2D eigenvalue weighted by Crippen LogP contribution is 2.24. The SMILES string of the molecule is CC(C)Oc1ccnc(Nc2ccc(N3CCC(N(C)C)CC3)cc2)n1. The third-order valence-corrected chi connectivity index (χ3v) is 4.67. The van der Waals surface area contributed by atoms with Crippen molar-refractivity contribution in [2.75, 3.05) is 37.4 Å². The van der Waals surface area contributed by atoms with Gasteiger partial charge in [0.15, 0.2) is 0 Å². The van der Waals surface area contributed by atoms with Gasteiger partial charge in [-0.15, -0.1) is 0 Å². The second-order valence-electron chi connectivity index (χ2n) is 7.24. The number of anilines is 3. The summed E-state index contributed by atoms with van der Waals surface area (Å²) in [5.74, 6) is 1.13. The average Bonchev–Trinajstić information content (AvgIpc) is 2.62. The zero-order valence-corrected chi connectivity index (χ0v) is 16.1. The van der Waals surface area contributed by atoms with E-state index in [4.69, 9.17) is 4.74 Å². The van der Waals surface area contributed by atoms with Crippen molar-refractivity contribution in [2.24, 2.45) is 0 Å². The number of nitrogens with one attached hydrogen (secondary N) is 1. The molecule has 1 aliphatic rings. The molecule has 2 aromatic rings. The number of hydrogen-bond acceptors (Lipinski definition) is 6. The first-order valence-electron chi connectivity index (χ1n) is 9.29. The van der Waals surface area contributed by atoms with Crippen molar-refractivity contribution in [3.8, 4) is 5.88 Å². The summed E-state index contributed by atoms with van der Waals surface area (Å²) in [5.41, 5.74) is 2.24. The Morgan fingerprint density at radius 2 is 1.81 bits per heavy atom. The maximum Gasteiger partial charge on any atom is 0.230 e. The van der Waals surface area contributed by atoms with E-state index in [1.165, 1.54) is 18.5 Å². The van der Waals surface area contributed by atoms with Crippen molar-refractivity contribution in [3.05, 3.63) is 36.5 Å². The Labute approximate surface area is 156 Å². The largest absolute Gasteiger partial charge is 0.475 e. The van der Waals surface area contributed by atoms with Gasteiger partial charge < -0.3 is 19.9 Å². The fourth-order valence-corrected chi connectivity index (χ4v) is 3.23. The normalized spacial score (nSPS) is 15.5. The molecule has 2 heterocycles. The topological polar surface area (TPSA) is 53.5 Å². The fourth-order valence-electron chi connectivity index (χ4n) is 3.23. The molecule has 1 fully saturated rings. The lowest BCUT2D eigenvalue weighted by Gasteiger charge is -2.36. The van der Waals surface area contributed by atoms with Gasteiger partial charge in [0.2, 0.25) is 11.8 Å². The van der Waals surface area contributed by atoms with Crippen LogP contribution in [0, 0.1) is 0 Å². The number of aromatic nitrogens is 2. The van der Waals surface area contributed by atoms with E-state index in [9.17, 15) is 0 Å². The molecule has 1 aliphatic heterocycles. The zero-order valence-electron chi connectivity index (χ0n) is 16.1. The quantitative estimate of drug-likeness (QED) is 0.855. The van der Waals surface area contributed by atoms with Crippen LogP contribution in [0.15, 0.2) is 36.5 Å². The molecule has 6 nitrogen and oxygen atoms in total. The molecular weight excluding hydrogens is 326 g/mol. The van der Waals surface area contributed by atoms with Gasteiger partial charge in [-0.2, -0.15) is 4.98 Å². The van der Waals surface area contributed by atoms with E-state index in [0.29, 0.717) is 17.9 Å². The molecule has 0 aliphatic carbocycles. The van der Waals surface area contributed by atoms with E-state index in [1.807, 2.05) is 13.8 Å². The summed E-state index contributed by atoms with van der Waals surface area (Å²) in [7, 11) is 4.34. The minimum Gasteiger partial charge on any atom is -0.475 e. The molecule has 0 atom stereocenters. The van der Waals surface area contributed by atoms with E-state index in [0.717, 1.165) is 18.8 Å². The Hall–Kier alpha value is -2.34. The van der Waals surface area contributed by atoms with Crippen LogP contribution in [0.25, 0.3) is 0 Å². The summed E-state index contributed by atoms with van der Waals surface area (Å²) >= 11 is 0. The van der Waals surface area contributed by atoms with Crippen LogP contribution in [-0.2, 0) is 0 Å². The van der Waals surface area contributed by atoms with Crippen LogP contribution in [0.5, 0.6) is 5.88 Å². The van der Waals surface area contributed by atoms with Crippen LogP contribution in [-0.4, -0.2) is 54.2 Å². The maximum atomic E-state index is 5.62. The minimum absolute atomic E-state index is 0.0914. The van der Waals surface area contributed by atoms with E-state index in [-0.39, 0.29) is 6.10 Å². The first kappa shape index (κ1) is 18.5. The highest BCUT2D eigenvalue weighted by atomic mass is 16.5. The van der Waals surface area contributed by atoms with Crippen LogP contribution in [0.1, 0.15) is 26.7 Å². The highest BCUT2D eigenvalue weighted by molar-refractivity contribution is 5.59. The van der Waals surface area contributed by atoms with Crippen molar-refractivity contribution in [2.45, 2.75) is 38.8 Å². The van der Waals surface area contributed by atoms with E-state index < -0.39 is 0 Å². The lowest BCUT2D eigenvalue weighted by Crippen LogP contribution is -2.41. The zero-order chi connectivity index (χ0) is 18.5. The van der Waals surface area contributed by atoms with Crippen molar-refractivity contribution in [3.63, 3.8) is 0 Å². The first-order valence-corrected chi connectivity index (χ1v) is 9.29. The molecule has 3 rings (SSSR count). The van der Waals surface area contributed by atoms with Crippen molar-refractivity contribution < 1.29 is 4.74 Å². The Morgan fingerprint density at radius 1 is 1.12 bits per heavy atom. The summed E-state index contributed by atoms with van der Waals surface area (Å²) in [6.07, 6.45) is 4.22. The molecule has 0 radical (unpaired) electrons. The Kier molecular flexibility index (Phi) is 5.93. The molecule has 6 heteroatoms. The maximum absolute atomic E-state index is 5.62.